The highest BCUT2D eigenvalue weighted by molar-refractivity contribution is 5.94. The van der Waals surface area contributed by atoms with Gasteiger partial charge in [0.05, 0.1) is 43.9 Å². The number of aromatic nitrogens is 2. The monoisotopic (exact) mass is 556 g/mol. The molecule has 0 aliphatic carbocycles. The zero-order valence-electron chi connectivity index (χ0n) is 23.3. The van der Waals surface area contributed by atoms with Crippen LogP contribution in [0.25, 0.3) is 22.3 Å². The third-order valence-corrected chi connectivity index (χ3v) is 6.28. The van der Waals surface area contributed by atoms with E-state index in [4.69, 9.17) is 18.9 Å². The van der Waals surface area contributed by atoms with Gasteiger partial charge in [0.15, 0.2) is 17.3 Å². The van der Waals surface area contributed by atoms with Crippen molar-refractivity contribution in [3.05, 3.63) is 36.1 Å². The molecule has 0 spiro atoms. The number of hydrogen-bond acceptors (Lipinski definition) is 10. The number of hydrogen-bond donors (Lipinski definition) is 2. The molecule has 2 atom stereocenters. The van der Waals surface area contributed by atoms with E-state index in [1.165, 1.54) is 25.2 Å². The number of anilines is 1. The quantitative estimate of drug-likeness (QED) is 0.404. The number of carbonyl (C=O) groups is 2. The van der Waals surface area contributed by atoms with E-state index in [2.05, 4.69) is 15.3 Å². The molecule has 1 aliphatic heterocycles. The van der Waals surface area contributed by atoms with Crippen molar-refractivity contribution in [1.82, 2.24) is 14.9 Å². The summed E-state index contributed by atoms with van der Waals surface area (Å²) < 4.78 is 35.8. The van der Waals surface area contributed by atoms with Crippen LogP contribution in [-0.4, -0.2) is 77.6 Å². The van der Waals surface area contributed by atoms with Crippen LogP contribution >= 0.6 is 0 Å². The second-order valence-corrected chi connectivity index (χ2v) is 10.3. The summed E-state index contributed by atoms with van der Waals surface area (Å²) in [5.74, 6) is -0.918. The number of carbonyl (C=O) groups excluding carboxylic acids is 2. The zero-order valence-corrected chi connectivity index (χ0v) is 23.3. The van der Waals surface area contributed by atoms with E-state index >= 15 is 0 Å². The first-order valence-corrected chi connectivity index (χ1v) is 12.8. The Kier molecular flexibility index (Phi) is 8.17. The van der Waals surface area contributed by atoms with E-state index in [9.17, 15) is 19.1 Å². The van der Waals surface area contributed by atoms with Crippen molar-refractivity contribution in [3.8, 4) is 28.6 Å². The average molecular weight is 557 g/mol. The Morgan fingerprint density at radius 1 is 1.10 bits per heavy atom. The number of phenolic OH excluding ortho intramolecular Hbond substituents is 1. The predicted octanol–water partition coefficient (Wildman–Crippen LogP) is 4.37. The number of ether oxygens (including phenoxy) is 4. The Labute approximate surface area is 231 Å². The minimum absolute atomic E-state index is 0.0354. The molecule has 1 aliphatic rings. The molecular formula is C28H33FN4O7. The van der Waals surface area contributed by atoms with Crippen LogP contribution < -0.4 is 14.8 Å². The van der Waals surface area contributed by atoms with Gasteiger partial charge in [-0.3, -0.25) is 4.79 Å². The number of aromatic hydroxyl groups is 1. The summed E-state index contributed by atoms with van der Waals surface area (Å²) in [7, 11) is 2.97. The van der Waals surface area contributed by atoms with Gasteiger partial charge in [0.1, 0.15) is 23.0 Å². The summed E-state index contributed by atoms with van der Waals surface area (Å²) in [5.41, 5.74) is -0.266. The maximum atomic E-state index is 14.1. The van der Waals surface area contributed by atoms with E-state index < -0.39 is 35.4 Å². The van der Waals surface area contributed by atoms with Crippen LogP contribution in [0.2, 0.25) is 0 Å². The molecule has 40 heavy (non-hydrogen) atoms. The molecule has 214 valence electrons. The van der Waals surface area contributed by atoms with E-state index in [-0.39, 0.29) is 42.7 Å². The Hall–Kier alpha value is -4.35. The molecule has 1 amide bonds. The van der Waals surface area contributed by atoms with Gasteiger partial charge in [-0.2, -0.15) is 0 Å². The second kappa shape index (κ2) is 11.4. The lowest BCUT2D eigenvalue weighted by molar-refractivity contribution is -0.159. The summed E-state index contributed by atoms with van der Waals surface area (Å²) in [6.07, 6.45) is -0.551. The number of amides is 1. The number of phenols is 1. The number of rotatable bonds is 7. The van der Waals surface area contributed by atoms with Gasteiger partial charge in [0.2, 0.25) is 0 Å². The standard InChI is InChI=1S/C28H33FN4O7/c1-7-39-27(36)33-13-18(26(35)40-28(2,3)4)20(14-33)31-24-16-11-22(37-5)23(38-6)12-19(16)30-25(32-24)17-10-15(29)8-9-21(17)34/h8-12,18,20,34H,7,13-14H2,1-6H3,(H,30,31,32)/t18-,20-/m1/s1. The third-order valence-electron chi connectivity index (χ3n) is 6.28. The van der Waals surface area contributed by atoms with Crippen molar-refractivity contribution in [1.29, 1.82) is 0 Å². The largest absolute Gasteiger partial charge is 0.507 e. The fourth-order valence-electron chi connectivity index (χ4n) is 4.48. The first kappa shape index (κ1) is 28.7. The number of benzene rings is 2. The van der Waals surface area contributed by atoms with Gasteiger partial charge in [-0.15, -0.1) is 0 Å². The van der Waals surface area contributed by atoms with Crippen molar-refractivity contribution in [2.45, 2.75) is 39.3 Å². The maximum Gasteiger partial charge on any atom is 0.409 e. The summed E-state index contributed by atoms with van der Waals surface area (Å²) in [4.78, 5) is 36.4. The summed E-state index contributed by atoms with van der Waals surface area (Å²) in [6, 6.07) is 6.15. The Morgan fingerprint density at radius 2 is 1.80 bits per heavy atom. The first-order valence-electron chi connectivity index (χ1n) is 12.8. The van der Waals surface area contributed by atoms with Crippen LogP contribution in [0.4, 0.5) is 15.0 Å². The van der Waals surface area contributed by atoms with Crippen molar-refractivity contribution < 1.29 is 38.0 Å². The average Bonchev–Trinajstić information content (AvgIpc) is 3.32. The highest BCUT2D eigenvalue weighted by Gasteiger charge is 2.43. The molecule has 1 aromatic heterocycles. The molecule has 2 aromatic carbocycles. The van der Waals surface area contributed by atoms with Crippen molar-refractivity contribution in [2.24, 2.45) is 5.92 Å². The van der Waals surface area contributed by atoms with Gasteiger partial charge >= 0.3 is 12.1 Å². The second-order valence-electron chi connectivity index (χ2n) is 10.3. The SMILES string of the molecule is CCOC(=O)N1C[C@@H](Nc2nc(-c3cc(F)ccc3O)nc3cc(OC)c(OC)cc23)[C@H](C(=O)OC(C)(C)C)C1. The molecule has 0 saturated carbocycles. The van der Waals surface area contributed by atoms with Crippen LogP contribution in [0.1, 0.15) is 27.7 Å². The highest BCUT2D eigenvalue weighted by Crippen LogP contribution is 2.37. The van der Waals surface area contributed by atoms with E-state index in [0.717, 1.165) is 12.1 Å². The summed E-state index contributed by atoms with van der Waals surface area (Å²) in [6.45, 7) is 7.38. The molecule has 1 saturated heterocycles. The van der Waals surface area contributed by atoms with E-state index in [1.54, 1.807) is 39.8 Å². The highest BCUT2D eigenvalue weighted by atomic mass is 19.1. The maximum absolute atomic E-state index is 14.1. The van der Waals surface area contributed by atoms with Crippen molar-refractivity contribution >= 4 is 28.8 Å². The molecule has 4 rings (SSSR count). The summed E-state index contributed by atoms with van der Waals surface area (Å²) in [5, 5.41) is 14.3. The number of nitrogens with one attached hydrogen (secondary N) is 1. The van der Waals surface area contributed by atoms with Gasteiger partial charge in [0, 0.05) is 24.5 Å². The lowest BCUT2D eigenvalue weighted by Crippen LogP contribution is -2.38. The Morgan fingerprint density at radius 3 is 2.45 bits per heavy atom. The van der Waals surface area contributed by atoms with Gasteiger partial charge < -0.3 is 34.3 Å². The van der Waals surface area contributed by atoms with Crippen LogP contribution in [0.5, 0.6) is 17.2 Å². The van der Waals surface area contributed by atoms with Crippen LogP contribution in [0.3, 0.4) is 0 Å². The number of methoxy groups -OCH3 is 2. The number of likely N-dealkylation sites (tertiary alicyclic amines) is 1. The van der Waals surface area contributed by atoms with Gasteiger partial charge in [-0.25, -0.2) is 19.2 Å². The van der Waals surface area contributed by atoms with Crippen LogP contribution in [0, 0.1) is 11.7 Å². The molecule has 3 aromatic rings. The Bertz CT molecular complexity index is 1430. The normalized spacial score (nSPS) is 17.0. The minimum Gasteiger partial charge on any atom is -0.507 e. The minimum atomic E-state index is -0.750. The van der Waals surface area contributed by atoms with E-state index in [1.807, 2.05) is 0 Å². The number of esters is 1. The molecule has 0 unspecified atom stereocenters. The zero-order chi connectivity index (χ0) is 29.2. The van der Waals surface area contributed by atoms with Gasteiger partial charge in [-0.05, 0) is 52.0 Å². The number of nitrogens with zero attached hydrogens (tertiary/aromatic N) is 3. The lowest BCUT2D eigenvalue weighted by Gasteiger charge is -2.25. The van der Waals surface area contributed by atoms with Crippen LogP contribution in [0.15, 0.2) is 30.3 Å². The fourth-order valence-corrected chi connectivity index (χ4v) is 4.48. The van der Waals surface area contributed by atoms with Gasteiger partial charge in [0.25, 0.3) is 0 Å². The topological polar surface area (TPSA) is 132 Å². The molecule has 0 radical (unpaired) electrons. The van der Waals surface area contributed by atoms with Crippen molar-refractivity contribution in [2.75, 3.05) is 39.2 Å². The molecule has 12 heteroatoms. The first-order chi connectivity index (χ1) is 18.9. The van der Waals surface area contributed by atoms with Gasteiger partial charge in [-0.1, -0.05) is 0 Å². The summed E-state index contributed by atoms with van der Waals surface area (Å²) >= 11 is 0. The third kappa shape index (κ3) is 6.11. The Balaban J connectivity index is 1.83. The molecule has 11 nitrogen and oxygen atoms in total. The predicted molar refractivity (Wildman–Crippen MR) is 145 cm³/mol. The number of fused-ring (bicyclic) bond motifs is 1. The van der Waals surface area contributed by atoms with Crippen LogP contribution in [-0.2, 0) is 14.3 Å². The molecule has 2 N–H and O–H groups in total. The number of halogens is 1. The molecule has 2 heterocycles. The molecule has 0 bridgehead atoms. The molecule has 1 fully saturated rings. The lowest BCUT2D eigenvalue weighted by atomic mass is 10.0. The van der Waals surface area contributed by atoms with Crippen molar-refractivity contribution in [3.63, 3.8) is 0 Å². The fraction of sp³-hybridized carbons (Fsp3) is 0.429. The molecular weight excluding hydrogens is 523 g/mol. The smallest absolute Gasteiger partial charge is 0.409 e. The van der Waals surface area contributed by atoms with E-state index in [0.29, 0.717) is 22.4 Å².